The van der Waals surface area contributed by atoms with Gasteiger partial charge in [-0.15, -0.1) is 0 Å². The molecule has 7 heteroatoms. The van der Waals surface area contributed by atoms with E-state index in [-0.39, 0.29) is 9.64 Å². The second-order valence-electron chi connectivity index (χ2n) is 3.65. The molecule has 2 rings (SSSR count). The maximum Gasteiger partial charge on any atom is 0.243 e. The van der Waals surface area contributed by atoms with Crippen LogP contribution in [0.1, 0.15) is 12.8 Å². The fourth-order valence-electron chi connectivity index (χ4n) is 1.29. The third kappa shape index (κ3) is 2.35. The molecule has 0 bridgehead atoms. The number of nitrogens with zero attached hydrogens (tertiary/aromatic N) is 1. The van der Waals surface area contributed by atoms with Crippen molar-refractivity contribution in [1.29, 1.82) is 0 Å². The van der Waals surface area contributed by atoms with Crippen LogP contribution < -0.4 is 4.72 Å². The minimum Gasteiger partial charge on any atom is -0.284 e. The molecule has 0 saturated heterocycles. The number of aromatic nitrogens is 2. The topological polar surface area (TPSA) is 74.8 Å². The maximum atomic E-state index is 11.7. The van der Waals surface area contributed by atoms with Crippen molar-refractivity contribution in [2.45, 2.75) is 22.5 Å². The predicted octanol–water partition coefficient (Wildman–Crippen LogP) is 0.584. The maximum absolute atomic E-state index is 11.7. The van der Waals surface area contributed by atoms with Gasteiger partial charge >= 0.3 is 0 Å². The Labute approximate surface area is 93.1 Å². The molecule has 0 amide bonds. The number of thioether (sulfide) groups is 1. The molecule has 15 heavy (non-hydrogen) atoms. The molecule has 1 aromatic rings. The Balaban J connectivity index is 2.00. The molecule has 1 saturated carbocycles. The van der Waals surface area contributed by atoms with E-state index in [0.717, 1.165) is 12.8 Å². The minimum absolute atomic E-state index is 0.136. The number of hydrogen-bond donors (Lipinski definition) is 2. The number of sulfonamides is 1. The Hall–Kier alpha value is -0.530. The van der Waals surface area contributed by atoms with Gasteiger partial charge in [-0.1, -0.05) is 0 Å². The Kier molecular flexibility index (Phi) is 2.78. The molecule has 1 aromatic heterocycles. The summed E-state index contributed by atoms with van der Waals surface area (Å²) in [5, 5.41) is 6.11. The average Bonchev–Trinajstić information content (AvgIpc) is 2.77. The highest BCUT2D eigenvalue weighted by atomic mass is 32.2. The second kappa shape index (κ2) is 3.80. The Bertz CT molecular complexity index is 423. The molecule has 84 valence electrons. The van der Waals surface area contributed by atoms with Crippen LogP contribution in [0.5, 0.6) is 0 Å². The zero-order valence-electron chi connectivity index (χ0n) is 8.36. The third-order valence-corrected chi connectivity index (χ3v) is 5.40. The first-order valence-electron chi connectivity index (χ1n) is 4.62. The first-order valence-corrected chi connectivity index (χ1v) is 7.32. The Morgan fingerprint density at radius 2 is 2.40 bits per heavy atom. The Morgan fingerprint density at radius 1 is 1.67 bits per heavy atom. The predicted molar refractivity (Wildman–Crippen MR) is 59.3 cm³/mol. The highest BCUT2D eigenvalue weighted by Gasteiger charge is 2.42. The van der Waals surface area contributed by atoms with Crippen molar-refractivity contribution < 1.29 is 8.42 Å². The van der Waals surface area contributed by atoms with E-state index in [1.807, 2.05) is 6.26 Å². The molecule has 1 fully saturated rings. The summed E-state index contributed by atoms with van der Waals surface area (Å²) in [6, 6.07) is 0. The van der Waals surface area contributed by atoms with E-state index in [1.54, 1.807) is 11.8 Å². The molecule has 0 aromatic carbocycles. The number of aromatic amines is 1. The van der Waals surface area contributed by atoms with Crippen molar-refractivity contribution in [1.82, 2.24) is 14.9 Å². The van der Waals surface area contributed by atoms with E-state index in [0.29, 0.717) is 6.54 Å². The molecule has 1 aliphatic rings. The van der Waals surface area contributed by atoms with Crippen LogP contribution in [-0.2, 0) is 10.0 Å². The van der Waals surface area contributed by atoms with E-state index in [2.05, 4.69) is 14.9 Å². The van der Waals surface area contributed by atoms with Gasteiger partial charge in [0.2, 0.25) is 10.0 Å². The van der Waals surface area contributed by atoms with Crippen LogP contribution in [0.3, 0.4) is 0 Å². The lowest BCUT2D eigenvalue weighted by Crippen LogP contribution is -2.31. The third-order valence-electron chi connectivity index (χ3n) is 2.61. The molecule has 5 nitrogen and oxygen atoms in total. The van der Waals surface area contributed by atoms with Crippen LogP contribution in [-0.4, -0.2) is 36.2 Å². The molecule has 0 aliphatic heterocycles. The summed E-state index contributed by atoms with van der Waals surface area (Å²) in [4.78, 5) is 0.194. The van der Waals surface area contributed by atoms with Gasteiger partial charge < -0.3 is 0 Å². The summed E-state index contributed by atoms with van der Waals surface area (Å²) >= 11 is 1.73. The van der Waals surface area contributed by atoms with Crippen molar-refractivity contribution in [3.8, 4) is 0 Å². The van der Waals surface area contributed by atoms with Gasteiger partial charge in [0.15, 0.2) is 0 Å². The highest BCUT2D eigenvalue weighted by Crippen LogP contribution is 2.46. The van der Waals surface area contributed by atoms with Gasteiger partial charge in [0.25, 0.3) is 0 Å². The first-order chi connectivity index (χ1) is 7.08. The first kappa shape index (κ1) is 11.0. The summed E-state index contributed by atoms with van der Waals surface area (Å²) in [6.07, 6.45) is 6.87. The summed E-state index contributed by atoms with van der Waals surface area (Å²) in [6.45, 7) is 0.502. The summed E-state index contributed by atoms with van der Waals surface area (Å²) in [5.74, 6) is 0. The lowest BCUT2D eigenvalue weighted by atomic mass is 10.4. The molecule has 2 N–H and O–H groups in total. The van der Waals surface area contributed by atoms with E-state index >= 15 is 0 Å². The van der Waals surface area contributed by atoms with Crippen molar-refractivity contribution in [3.05, 3.63) is 12.4 Å². The smallest absolute Gasteiger partial charge is 0.243 e. The summed E-state index contributed by atoms with van der Waals surface area (Å²) in [7, 11) is -3.38. The number of rotatable bonds is 5. The van der Waals surface area contributed by atoms with Gasteiger partial charge in [0.1, 0.15) is 4.90 Å². The van der Waals surface area contributed by atoms with Gasteiger partial charge in [0.05, 0.1) is 6.20 Å². The van der Waals surface area contributed by atoms with Gasteiger partial charge in [-0.3, -0.25) is 5.10 Å². The van der Waals surface area contributed by atoms with Crippen LogP contribution >= 0.6 is 11.8 Å². The molecular formula is C8H13N3O2S2. The van der Waals surface area contributed by atoms with Crippen molar-refractivity contribution in [2.75, 3.05) is 12.8 Å². The van der Waals surface area contributed by atoms with Crippen molar-refractivity contribution >= 4 is 21.8 Å². The number of hydrogen-bond acceptors (Lipinski definition) is 4. The van der Waals surface area contributed by atoms with Crippen LogP contribution in [0.15, 0.2) is 17.3 Å². The zero-order chi connectivity index (χ0) is 10.9. The van der Waals surface area contributed by atoms with Gasteiger partial charge in [0, 0.05) is 17.5 Å². The van der Waals surface area contributed by atoms with Gasteiger partial charge in [-0.25, -0.2) is 13.1 Å². The molecular weight excluding hydrogens is 234 g/mol. The van der Waals surface area contributed by atoms with Crippen LogP contribution in [0.4, 0.5) is 0 Å². The Morgan fingerprint density at radius 3 is 2.87 bits per heavy atom. The highest BCUT2D eigenvalue weighted by molar-refractivity contribution is 8.00. The van der Waals surface area contributed by atoms with Crippen LogP contribution in [0, 0.1) is 0 Å². The van der Waals surface area contributed by atoms with E-state index in [1.165, 1.54) is 12.4 Å². The van der Waals surface area contributed by atoms with Crippen molar-refractivity contribution in [3.63, 3.8) is 0 Å². The number of nitrogens with one attached hydrogen (secondary N) is 2. The molecule has 0 spiro atoms. The lowest BCUT2D eigenvalue weighted by Gasteiger charge is -2.12. The summed E-state index contributed by atoms with van der Waals surface area (Å²) < 4.78 is 26.1. The molecule has 1 aliphatic carbocycles. The standard InChI is InChI=1S/C8H13N3O2S2/c1-14-8(2-3-8)6-11-15(12,13)7-4-9-10-5-7/h4-5,11H,2-3,6H2,1H3,(H,9,10). The fraction of sp³-hybridized carbons (Fsp3) is 0.625. The molecule has 1 heterocycles. The average molecular weight is 247 g/mol. The number of H-pyrrole nitrogens is 1. The lowest BCUT2D eigenvalue weighted by molar-refractivity contribution is 0.580. The molecule has 0 atom stereocenters. The van der Waals surface area contributed by atoms with Crippen LogP contribution in [0.2, 0.25) is 0 Å². The van der Waals surface area contributed by atoms with Gasteiger partial charge in [-0.2, -0.15) is 16.9 Å². The fourth-order valence-corrected chi connectivity index (χ4v) is 3.14. The largest absolute Gasteiger partial charge is 0.284 e. The zero-order valence-corrected chi connectivity index (χ0v) is 9.99. The second-order valence-corrected chi connectivity index (χ2v) is 6.69. The molecule has 0 unspecified atom stereocenters. The van der Waals surface area contributed by atoms with E-state index in [4.69, 9.17) is 0 Å². The monoisotopic (exact) mass is 247 g/mol. The minimum atomic E-state index is -3.38. The quantitative estimate of drug-likeness (QED) is 0.798. The van der Waals surface area contributed by atoms with Crippen molar-refractivity contribution in [2.24, 2.45) is 0 Å². The van der Waals surface area contributed by atoms with E-state index in [9.17, 15) is 8.42 Å². The van der Waals surface area contributed by atoms with Crippen LogP contribution in [0.25, 0.3) is 0 Å². The van der Waals surface area contributed by atoms with E-state index < -0.39 is 10.0 Å². The molecule has 0 radical (unpaired) electrons. The summed E-state index contributed by atoms with van der Waals surface area (Å²) in [5.41, 5.74) is 0. The SMILES string of the molecule is CSC1(CNS(=O)(=O)c2cn[nH]c2)CC1. The normalized spacial score (nSPS) is 19.0. The van der Waals surface area contributed by atoms with Gasteiger partial charge in [-0.05, 0) is 19.1 Å².